The van der Waals surface area contributed by atoms with E-state index in [9.17, 15) is 9.59 Å². The fraction of sp³-hybridized carbons (Fsp3) is 0.467. The van der Waals surface area contributed by atoms with E-state index in [0.29, 0.717) is 22.8 Å². The standard InChI is InChI=1S/C15H22ClN3O2/c1-3-7-17-13-6-5-11(16)9-12(13)15(21)19-10-14(20)18-8-4-2/h5-6,9,17H,3-4,7-8,10H2,1-2H3,(H,18,20)(H,19,21). The molecule has 21 heavy (non-hydrogen) atoms. The van der Waals surface area contributed by atoms with Crippen LogP contribution in [0.4, 0.5) is 5.69 Å². The van der Waals surface area contributed by atoms with Gasteiger partial charge in [-0.2, -0.15) is 0 Å². The summed E-state index contributed by atoms with van der Waals surface area (Å²) in [6, 6.07) is 5.09. The van der Waals surface area contributed by atoms with Crippen LogP contribution < -0.4 is 16.0 Å². The average Bonchev–Trinajstić information content (AvgIpc) is 2.49. The summed E-state index contributed by atoms with van der Waals surface area (Å²) in [7, 11) is 0. The van der Waals surface area contributed by atoms with E-state index in [1.165, 1.54) is 0 Å². The van der Waals surface area contributed by atoms with Crippen molar-refractivity contribution in [2.24, 2.45) is 0 Å². The maximum absolute atomic E-state index is 12.2. The topological polar surface area (TPSA) is 70.2 Å². The van der Waals surface area contributed by atoms with E-state index in [4.69, 9.17) is 11.6 Å². The lowest BCUT2D eigenvalue weighted by Crippen LogP contribution is -2.37. The van der Waals surface area contributed by atoms with Crippen LogP contribution in [0.1, 0.15) is 37.0 Å². The molecule has 0 bridgehead atoms. The highest BCUT2D eigenvalue weighted by Gasteiger charge is 2.13. The summed E-state index contributed by atoms with van der Waals surface area (Å²) in [4.78, 5) is 23.7. The highest BCUT2D eigenvalue weighted by Crippen LogP contribution is 2.20. The average molecular weight is 312 g/mol. The van der Waals surface area contributed by atoms with Crippen LogP contribution in [0.25, 0.3) is 0 Å². The van der Waals surface area contributed by atoms with Crippen molar-refractivity contribution < 1.29 is 9.59 Å². The number of anilines is 1. The molecule has 0 aliphatic carbocycles. The first-order valence-corrected chi connectivity index (χ1v) is 7.54. The largest absolute Gasteiger partial charge is 0.384 e. The molecule has 1 aromatic carbocycles. The lowest BCUT2D eigenvalue weighted by atomic mass is 10.1. The first kappa shape index (κ1) is 17.3. The lowest BCUT2D eigenvalue weighted by Gasteiger charge is -2.12. The van der Waals surface area contributed by atoms with Crippen molar-refractivity contribution in [3.8, 4) is 0 Å². The molecule has 0 aromatic heterocycles. The summed E-state index contributed by atoms with van der Waals surface area (Å²) in [5.41, 5.74) is 1.16. The predicted molar refractivity (Wildman–Crippen MR) is 85.9 cm³/mol. The minimum absolute atomic E-state index is 0.0431. The molecule has 0 unspecified atom stereocenters. The summed E-state index contributed by atoms with van der Waals surface area (Å²) in [5.74, 6) is -0.516. The highest BCUT2D eigenvalue weighted by molar-refractivity contribution is 6.31. The SMILES string of the molecule is CCCNC(=O)CNC(=O)c1cc(Cl)ccc1NCCC. The van der Waals surface area contributed by atoms with Crippen LogP contribution in [0.3, 0.4) is 0 Å². The van der Waals surface area contributed by atoms with Gasteiger partial charge < -0.3 is 16.0 Å². The molecule has 6 heteroatoms. The van der Waals surface area contributed by atoms with Crippen molar-refractivity contribution in [1.29, 1.82) is 0 Å². The van der Waals surface area contributed by atoms with Gasteiger partial charge in [0.1, 0.15) is 0 Å². The lowest BCUT2D eigenvalue weighted by molar-refractivity contribution is -0.120. The Balaban J connectivity index is 2.67. The zero-order valence-electron chi connectivity index (χ0n) is 12.5. The fourth-order valence-electron chi connectivity index (χ4n) is 1.70. The van der Waals surface area contributed by atoms with Crippen LogP contribution in [-0.2, 0) is 4.79 Å². The molecule has 1 aromatic rings. The Morgan fingerprint density at radius 3 is 2.48 bits per heavy atom. The summed E-state index contributed by atoms with van der Waals surface area (Å²) in [5, 5.41) is 8.96. The predicted octanol–water partition coefficient (Wildman–Crippen LogP) is 2.42. The second-order valence-corrected chi connectivity index (χ2v) is 5.09. The molecule has 0 aliphatic heterocycles. The molecule has 0 aliphatic rings. The molecule has 2 amide bonds. The molecule has 5 nitrogen and oxygen atoms in total. The number of benzene rings is 1. The van der Waals surface area contributed by atoms with Gasteiger partial charge in [0.05, 0.1) is 12.1 Å². The highest BCUT2D eigenvalue weighted by atomic mass is 35.5. The van der Waals surface area contributed by atoms with Crippen LogP contribution in [0, 0.1) is 0 Å². The van der Waals surface area contributed by atoms with Crippen molar-refractivity contribution in [3.05, 3.63) is 28.8 Å². The molecule has 0 fully saturated rings. The molecular formula is C15H22ClN3O2. The number of hydrogen-bond acceptors (Lipinski definition) is 3. The van der Waals surface area contributed by atoms with Crippen molar-refractivity contribution in [1.82, 2.24) is 10.6 Å². The third kappa shape index (κ3) is 6.04. The monoisotopic (exact) mass is 311 g/mol. The van der Waals surface area contributed by atoms with E-state index in [1.807, 2.05) is 13.8 Å². The van der Waals surface area contributed by atoms with Crippen molar-refractivity contribution in [2.75, 3.05) is 25.0 Å². The Morgan fingerprint density at radius 2 is 1.81 bits per heavy atom. The Kier molecular flexibility index (Phi) is 7.61. The van der Waals surface area contributed by atoms with Gasteiger partial charge in [0.2, 0.25) is 5.91 Å². The van der Waals surface area contributed by atoms with Crippen molar-refractivity contribution in [2.45, 2.75) is 26.7 Å². The summed E-state index contributed by atoms with van der Waals surface area (Å²) in [6.07, 6.45) is 1.81. The number of amides is 2. The third-order valence-corrected chi connectivity index (χ3v) is 3.01. The van der Waals surface area contributed by atoms with Gasteiger partial charge in [-0.1, -0.05) is 25.4 Å². The maximum atomic E-state index is 12.2. The quantitative estimate of drug-likeness (QED) is 0.690. The van der Waals surface area contributed by atoms with E-state index in [1.54, 1.807) is 18.2 Å². The first-order chi connectivity index (χ1) is 10.1. The van der Waals surface area contributed by atoms with Crippen LogP contribution in [0.5, 0.6) is 0 Å². The van der Waals surface area contributed by atoms with Gasteiger partial charge in [-0.05, 0) is 31.0 Å². The van der Waals surface area contributed by atoms with Crippen LogP contribution in [0.15, 0.2) is 18.2 Å². The zero-order chi connectivity index (χ0) is 15.7. The second-order valence-electron chi connectivity index (χ2n) is 4.65. The Bertz CT molecular complexity index is 492. The molecular weight excluding hydrogens is 290 g/mol. The molecule has 1 rings (SSSR count). The minimum atomic E-state index is -0.317. The Hall–Kier alpha value is -1.75. The first-order valence-electron chi connectivity index (χ1n) is 7.16. The molecule has 3 N–H and O–H groups in total. The summed E-state index contributed by atoms with van der Waals surface area (Å²) in [6.45, 7) is 5.34. The zero-order valence-corrected chi connectivity index (χ0v) is 13.2. The van der Waals surface area contributed by atoms with Crippen LogP contribution in [-0.4, -0.2) is 31.4 Å². The summed E-state index contributed by atoms with van der Waals surface area (Å²) < 4.78 is 0. The minimum Gasteiger partial charge on any atom is -0.384 e. The second kappa shape index (κ2) is 9.23. The van der Waals surface area contributed by atoms with E-state index in [-0.39, 0.29) is 18.4 Å². The van der Waals surface area contributed by atoms with Crippen molar-refractivity contribution >= 4 is 29.1 Å². The molecule has 0 heterocycles. The van der Waals surface area contributed by atoms with Crippen LogP contribution >= 0.6 is 11.6 Å². The number of carbonyl (C=O) groups is 2. The van der Waals surface area contributed by atoms with Gasteiger partial charge in [-0.25, -0.2) is 0 Å². The summed E-state index contributed by atoms with van der Waals surface area (Å²) >= 11 is 5.94. The third-order valence-electron chi connectivity index (χ3n) is 2.77. The van der Waals surface area contributed by atoms with Crippen LogP contribution in [0.2, 0.25) is 5.02 Å². The van der Waals surface area contributed by atoms with Gasteiger partial charge in [-0.15, -0.1) is 0 Å². The van der Waals surface area contributed by atoms with E-state index < -0.39 is 0 Å². The van der Waals surface area contributed by atoms with Gasteiger partial charge >= 0.3 is 0 Å². The molecule has 0 saturated carbocycles. The van der Waals surface area contributed by atoms with E-state index in [0.717, 1.165) is 19.4 Å². The number of nitrogens with one attached hydrogen (secondary N) is 3. The smallest absolute Gasteiger partial charge is 0.253 e. The van der Waals surface area contributed by atoms with Gasteiger partial charge in [-0.3, -0.25) is 9.59 Å². The fourth-order valence-corrected chi connectivity index (χ4v) is 1.87. The van der Waals surface area contributed by atoms with Gasteiger partial charge in [0.15, 0.2) is 0 Å². The molecule has 0 atom stereocenters. The number of hydrogen-bond donors (Lipinski definition) is 3. The molecule has 0 radical (unpaired) electrons. The number of carbonyl (C=O) groups excluding carboxylic acids is 2. The Labute approximate surface area is 130 Å². The number of halogens is 1. The maximum Gasteiger partial charge on any atom is 0.253 e. The van der Waals surface area contributed by atoms with Gasteiger partial charge in [0, 0.05) is 23.8 Å². The molecule has 116 valence electrons. The van der Waals surface area contributed by atoms with Gasteiger partial charge in [0.25, 0.3) is 5.91 Å². The normalized spacial score (nSPS) is 10.0. The molecule has 0 spiro atoms. The van der Waals surface area contributed by atoms with E-state index >= 15 is 0 Å². The Morgan fingerprint density at radius 1 is 1.10 bits per heavy atom. The number of rotatable bonds is 8. The molecule has 0 saturated heterocycles. The van der Waals surface area contributed by atoms with E-state index in [2.05, 4.69) is 16.0 Å². The van der Waals surface area contributed by atoms with Crippen molar-refractivity contribution in [3.63, 3.8) is 0 Å².